The fourth-order valence-corrected chi connectivity index (χ4v) is 3.41. The number of carbonyl (C=O) groups excluding carboxylic acids is 1. The number of aromatic carboxylic acids is 1. The van der Waals surface area contributed by atoms with E-state index in [4.69, 9.17) is 5.11 Å². The van der Waals surface area contributed by atoms with Gasteiger partial charge in [0, 0.05) is 13.1 Å². The van der Waals surface area contributed by atoms with Gasteiger partial charge in [-0.3, -0.25) is 0 Å². The van der Waals surface area contributed by atoms with Crippen LogP contribution >= 0.6 is 0 Å². The molecule has 0 aromatic heterocycles. The minimum absolute atomic E-state index is 0.0345. The smallest absolute Gasteiger partial charge is 0.335 e. The molecule has 3 N–H and O–H groups in total. The Morgan fingerprint density at radius 3 is 2.54 bits per heavy atom. The van der Waals surface area contributed by atoms with Gasteiger partial charge in [-0.05, 0) is 41.7 Å². The molecule has 1 atom stereocenters. The van der Waals surface area contributed by atoms with E-state index in [1.54, 1.807) is 17.0 Å². The van der Waals surface area contributed by atoms with Gasteiger partial charge >= 0.3 is 12.0 Å². The van der Waals surface area contributed by atoms with E-state index in [2.05, 4.69) is 11.4 Å². The Labute approximate surface area is 152 Å². The van der Waals surface area contributed by atoms with Crippen molar-refractivity contribution in [1.29, 1.82) is 0 Å². The van der Waals surface area contributed by atoms with Gasteiger partial charge in [-0.2, -0.15) is 0 Å². The zero-order chi connectivity index (χ0) is 18.5. The average Bonchev–Trinajstić information content (AvgIpc) is 3.08. The number of carboxylic acid groups (broad SMARTS) is 1. The molecule has 2 aromatic carbocycles. The third kappa shape index (κ3) is 3.86. The quantitative estimate of drug-likeness (QED) is 0.744. The van der Waals surface area contributed by atoms with Crippen molar-refractivity contribution in [3.8, 4) is 0 Å². The third-order valence-corrected chi connectivity index (χ3v) is 4.72. The Morgan fingerprint density at radius 2 is 1.85 bits per heavy atom. The number of fused-ring (bicyclic) bond motifs is 1. The van der Waals surface area contributed by atoms with Gasteiger partial charge in [-0.25, -0.2) is 9.59 Å². The number of urea groups is 1. The zero-order valence-electron chi connectivity index (χ0n) is 14.4. The first kappa shape index (κ1) is 17.9. The second kappa shape index (κ2) is 8.01. The second-order valence-corrected chi connectivity index (χ2v) is 6.33. The van der Waals surface area contributed by atoms with Gasteiger partial charge in [0.25, 0.3) is 0 Å². The van der Waals surface area contributed by atoms with Crippen LogP contribution in [-0.4, -0.2) is 40.3 Å². The maximum absolute atomic E-state index is 12.7. The molecule has 6 nitrogen and oxygen atoms in total. The standard InChI is InChI=1S/C20H22N2O4/c23-12-11-22(18-10-9-15-3-1-2-4-17(15)18)20(26)21-13-14-5-7-16(8-6-14)19(24)25/h1-8,18,23H,9-13H2,(H,21,26)(H,24,25). The van der Waals surface area contributed by atoms with E-state index in [9.17, 15) is 14.7 Å². The van der Waals surface area contributed by atoms with Crippen LogP contribution in [0.3, 0.4) is 0 Å². The number of nitrogens with zero attached hydrogens (tertiary/aromatic N) is 1. The van der Waals surface area contributed by atoms with Gasteiger partial charge in [0.05, 0.1) is 18.2 Å². The third-order valence-electron chi connectivity index (χ3n) is 4.72. The van der Waals surface area contributed by atoms with Crippen molar-refractivity contribution < 1.29 is 19.8 Å². The SMILES string of the molecule is O=C(O)c1ccc(CNC(=O)N(CCO)C2CCc3ccccc32)cc1. The lowest BCUT2D eigenvalue weighted by Crippen LogP contribution is -2.43. The number of carbonyl (C=O) groups is 2. The summed E-state index contributed by atoms with van der Waals surface area (Å²) in [5, 5.41) is 21.2. The predicted molar refractivity (Wildman–Crippen MR) is 96.9 cm³/mol. The number of aryl methyl sites for hydroxylation is 1. The lowest BCUT2D eigenvalue weighted by atomic mass is 10.1. The predicted octanol–water partition coefficient (Wildman–Crippen LogP) is 2.58. The molecule has 26 heavy (non-hydrogen) atoms. The molecule has 0 saturated carbocycles. The summed E-state index contributed by atoms with van der Waals surface area (Å²) >= 11 is 0. The van der Waals surface area contributed by atoms with Crippen molar-refractivity contribution in [3.05, 3.63) is 70.8 Å². The molecule has 0 spiro atoms. The lowest BCUT2D eigenvalue weighted by Gasteiger charge is -2.29. The van der Waals surface area contributed by atoms with Gasteiger partial charge in [0.15, 0.2) is 0 Å². The first-order chi connectivity index (χ1) is 12.6. The maximum atomic E-state index is 12.7. The molecule has 1 unspecified atom stereocenters. The number of benzene rings is 2. The van der Waals surface area contributed by atoms with Gasteiger partial charge in [-0.1, -0.05) is 36.4 Å². The molecule has 0 heterocycles. The highest BCUT2D eigenvalue weighted by Crippen LogP contribution is 2.35. The Morgan fingerprint density at radius 1 is 1.12 bits per heavy atom. The molecule has 1 aliphatic carbocycles. The Bertz CT molecular complexity index is 789. The summed E-state index contributed by atoms with van der Waals surface area (Å²) in [6.07, 6.45) is 1.77. The van der Waals surface area contributed by atoms with Crippen LogP contribution in [-0.2, 0) is 13.0 Å². The summed E-state index contributed by atoms with van der Waals surface area (Å²) in [7, 11) is 0. The Hall–Kier alpha value is -2.86. The highest BCUT2D eigenvalue weighted by Gasteiger charge is 2.30. The number of rotatable bonds is 6. The number of hydrogen-bond acceptors (Lipinski definition) is 3. The van der Waals surface area contributed by atoms with E-state index < -0.39 is 5.97 Å². The van der Waals surface area contributed by atoms with Crippen molar-refractivity contribution in [1.82, 2.24) is 10.2 Å². The van der Waals surface area contributed by atoms with Crippen LogP contribution in [0.1, 0.15) is 39.5 Å². The van der Waals surface area contributed by atoms with E-state index in [-0.39, 0.29) is 30.8 Å². The minimum atomic E-state index is -0.977. The van der Waals surface area contributed by atoms with Crippen molar-refractivity contribution in [3.63, 3.8) is 0 Å². The molecule has 2 aromatic rings. The van der Waals surface area contributed by atoms with Crippen LogP contribution in [0, 0.1) is 0 Å². The molecule has 1 aliphatic rings. The normalized spacial score (nSPS) is 15.3. The van der Waals surface area contributed by atoms with E-state index >= 15 is 0 Å². The van der Waals surface area contributed by atoms with Crippen molar-refractivity contribution >= 4 is 12.0 Å². The molecule has 0 fully saturated rings. The van der Waals surface area contributed by atoms with Gasteiger partial charge in [0.2, 0.25) is 0 Å². The molecular weight excluding hydrogens is 332 g/mol. The Balaban J connectivity index is 1.67. The summed E-state index contributed by atoms with van der Waals surface area (Å²) in [5.41, 5.74) is 3.42. The fourth-order valence-electron chi connectivity index (χ4n) is 3.41. The van der Waals surface area contributed by atoms with Gasteiger partial charge in [0.1, 0.15) is 0 Å². The van der Waals surface area contributed by atoms with Crippen LogP contribution in [0.5, 0.6) is 0 Å². The summed E-state index contributed by atoms with van der Waals surface area (Å²) < 4.78 is 0. The molecule has 3 rings (SSSR count). The van der Waals surface area contributed by atoms with Crippen LogP contribution in [0.2, 0.25) is 0 Å². The first-order valence-electron chi connectivity index (χ1n) is 8.65. The Kier molecular flexibility index (Phi) is 5.53. The molecule has 136 valence electrons. The molecule has 2 amide bonds. The zero-order valence-corrected chi connectivity index (χ0v) is 14.4. The van der Waals surface area contributed by atoms with Crippen molar-refractivity contribution in [2.45, 2.75) is 25.4 Å². The monoisotopic (exact) mass is 354 g/mol. The highest BCUT2D eigenvalue weighted by atomic mass is 16.4. The van der Waals surface area contributed by atoms with E-state index in [1.807, 2.05) is 18.2 Å². The van der Waals surface area contributed by atoms with E-state index in [1.165, 1.54) is 17.7 Å². The number of aliphatic hydroxyl groups excluding tert-OH is 1. The number of nitrogens with one attached hydrogen (secondary N) is 1. The number of aliphatic hydroxyl groups is 1. The second-order valence-electron chi connectivity index (χ2n) is 6.33. The number of carboxylic acids is 1. The molecule has 0 bridgehead atoms. The first-order valence-corrected chi connectivity index (χ1v) is 8.65. The van der Waals surface area contributed by atoms with Crippen LogP contribution in [0.25, 0.3) is 0 Å². The van der Waals surface area contributed by atoms with Crippen molar-refractivity contribution in [2.75, 3.05) is 13.2 Å². The fraction of sp³-hybridized carbons (Fsp3) is 0.300. The summed E-state index contributed by atoms with van der Waals surface area (Å²) in [5.74, 6) is -0.977. The van der Waals surface area contributed by atoms with E-state index in [0.29, 0.717) is 6.54 Å². The summed E-state index contributed by atoms with van der Waals surface area (Å²) in [4.78, 5) is 25.3. The van der Waals surface area contributed by atoms with Crippen LogP contribution in [0.15, 0.2) is 48.5 Å². The van der Waals surface area contributed by atoms with Crippen molar-refractivity contribution in [2.24, 2.45) is 0 Å². The average molecular weight is 354 g/mol. The molecule has 0 saturated heterocycles. The van der Waals surface area contributed by atoms with Crippen LogP contribution in [0.4, 0.5) is 4.79 Å². The molecule has 0 radical (unpaired) electrons. The minimum Gasteiger partial charge on any atom is -0.478 e. The largest absolute Gasteiger partial charge is 0.478 e. The number of amides is 2. The summed E-state index contributed by atoms with van der Waals surface area (Å²) in [6.45, 7) is 0.469. The molecule has 0 aliphatic heterocycles. The summed E-state index contributed by atoms with van der Waals surface area (Å²) in [6, 6.07) is 14.2. The van der Waals surface area contributed by atoms with Gasteiger partial charge < -0.3 is 20.4 Å². The van der Waals surface area contributed by atoms with Crippen LogP contribution < -0.4 is 5.32 Å². The van der Waals surface area contributed by atoms with Gasteiger partial charge in [-0.15, -0.1) is 0 Å². The lowest BCUT2D eigenvalue weighted by molar-refractivity contribution is 0.0697. The number of hydrogen-bond donors (Lipinski definition) is 3. The molecule has 6 heteroatoms. The topological polar surface area (TPSA) is 89.9 Å². The highest BCUT2D eigenvalue weighted by molar-refractivity contribution is 5.87. The van der Waals surface area contributed by atoms with E-state index in [0.717, 1.165) is 24.0 Å². The molecular formula is C20H22N2O4. The maximum Gasteiger partial charge on any atom is 0.335 e.